The van der Waals surface area contributed by atoms with Gasteiger partial charge in [-0.05, 0) is 18.6 Å². The summed E-state index contributed by atoms with van der Waals surface area (Å²) in [7, 11) is 0. The number of carboxylic acid groups (broad SMARTS) is 1. The van der Waals surface area contributed by atoms with Crippen molar-refractivity contribution in [3.8, 4) is 0 Å². The molecule has 2 rings (SSSR count). The van der Waals surface area contributed by atoms with Crippen molar-refractivity contribution < 1.29 is 24.2 Å². The summed E-state index contributed by atoms with van der Waals surface area (Å²) in [6, 6.07) is 6.53. The minimum absolute atomic E-state index is 0.345. The van der Waals surface area contributed by atoms with E-state index < -0.39 is 17.9 Å². The Kier molecular flexibility index (Phi) is 15.2. The predicted octanol–water partition coefficient (Wildman–Crippen LogP) is 7.33. The molecule has 0 unspecified atom stereocenters. The van der Waals surface area contributed by atoms with Crippen LogP contribution in [0.5, 0.6) is 0 Å². The number of hydrogen-bond donors (Lipinski definition) is 1. The van der Waals surface area contributed by atoms with Crippen molar-refractivity contribution in [2.45, 2.75) is 110 Å². The van der Waals surface area contributed by atoms with Crippen LogP contribution in [0, 0.1) is 0 Å². The van der Waals surface area contributed by atoms with Crippen molar-refractivity contribution >= 4 is 17.9 Å². The molecule has 0 spiro atoms. The van der Waals surface area contributed by atoms with Crippen LogP contribution in [0.4, 0.5) is 0 Å². The van der Waals surface area contributed by atoms with E-state index in [1.807, 2.05) is 0 Å². The highest BCUT2D eigenvalue weighted by atomic mass is 16.6. The second kappa shape index (κ2) is 17.5. The van der Waals surface area contributed by atoms with Gasteiger partial charge in [-0.1, -0.05) is 109 Å². The second-order valence-electron chi connectivity index (χ2n) is 8.32. The number of cyclic esters (lactones) is 2. The summed E-state index contributed by atoms with van der Waals surface area (Å²) in [6.07, 6.45) is 20.2. The quantitative estimate of drug-likeness (QED) is 0.168. The van der Waals surface area contributed by atoms with E-state index in [-0.39, 0.29) is 0 Å². The average molecular weight is 433 g/mol. The average Bonchev–Trinajstić information content (AvgIpc) is 3.05. The molecule has 0 aromatic heterocycles. The number of rotatable bonds is 16. The molecule has 174 valence electrons. The molecule has 1 aromatic carbocycles. The third-order valence-electron chi connectivity index (χ3n) is 5.55. The van der Waals surface area contributed by atoms with Crippen LogP contribution in [-0.4, -0.2) is 23.0 Å². The molecular weight excluding hydrogens is 392 g/mol. The molecule has 31 heavy (non-hydrogen) atoms. The topological polar surface area (TPSA) is 80.7 Å². The van der Waals surface area contributed by atoms with Gasteiger partial charge in [0, 0.05) is 6.42 Å². The van der Waals surface area contributed by atoms with E-state index in [0.717, 1.165) is 12.8 Å². The van der Waals surface area contributed by atoms with Crippen molar-refractivity contribution in [2.24, 2.45) is 0 Å². The Morgan fingerprint density at radius 1 is 0.677 bits per heavy atom. The SMILES string of the molecule is CCCCCCCCCCCCCCCCCC(=O)O.O=C1OC(=O)c2ccccc21. The maximum absolute atomic E-state index is 10.8. The number of unbranched alkanes of at least 4 members (excludes halogenated alkanes) is 14. The smallest absolute Gasteiger partial charge is 0.346 e. The number of carboxylic acids is 1. The Labute approximate surface area is 187 Å². The molecule has 0 bridgehead atoms. The predicted molar refractivity (Wildman–Crippen MR) is 123 cm³/mol. The van der Waals surface area contributed by atoms with Crippen LogP contribution in [0.3, 0.4) is 0 Å². The first-order valence-corrected chi connectivity index (χ1v) is 12.1. The van der Waals surface area contributed by atoms with Crippen molar-refractivity contribution in [3.05, 3.63) is 35.4 Å². The zero-order valence-electron chi connectivity index (χ0n) is 19.2. The molecule has 0 amide bonds. The third kappa shape index (κ3) is 13.0. The number of aliphatic carboxylic acids is 1. The van der Waals surface area contributed by atoms with Gasteiger partial charge < -0.3 is 9.84 Å². The Balaban J connectivity index is 0.000000361. The Bertz CT molecular complexity index is 620. The van der Waals surface area contributed by atoms with Gasteiger partial charge in [-0.25, -0.2) is 9.59 Å². The normalized spacial score (nSPS) is 12.2. The molecule has 1 aliphatic heterocycles. The molecule has 1 heterocycles. The zero-order valence-corrected chi connectivity index (χ0v) is 19.2. The molecule has 0 aliphatic carbocycles. The van der Waals surface area contributed by atoms with Crippen LogP contribution in [0.1, 0.15) is 130 Å². The number of hydrogen-bond acceptors (Lipinski definition) is 4. The lowest BCUT2D eigenvalue weighted by atomic mass is 10.0. The molecule has 5 heteroatoms. The van der Waals surface area contributed by atoms with E-state index >= 15 is 0 Å². The van der Waals surface area contributed by atoms with E-state index in [1.165, 1.54) is 83.5 Å². The van der Waals surface area contributed by atoms with Gasteiger partial charge in [0.05, 0.1) is 11.1 Å². The molecule has 5 nitrogen and oxygen atoms in total. The highest BCUT2D eigenvalue weighted by molar-refractivity contribution is 6.14. The lowest BCUT2D eigenvalue weighted by molar-refractivity contribution is -0.137. The highest BCUT2D eigenvalue weighted by Crippen LogP contribution is 2.18. The van der Waals surface area contributed by atoms with Gasteiger partial charge in [0.2, 0.25) is 0 Å². The number of carbonyl (C=O) groups excluding carboxylic acids is 2. The maximum atomic E-state index is 10.8. The molecule has 1 N–H and O–H groups in total. The minimum Gasteiger partial charge on any atom is -0.481 e. The van der Waals surface area contributed by atoms with Crippen LogP contribution in [0.25, 0.3) is 0 Å². The summed E-state index contributed by atoms with van der Waals surface area (Å²) in [5.74, 6) is -1.75. The summed E-state index contributed by atoms with van der Waals surface area (Å²) in [5.41, 5.74) is 0.718. The highest BCUT2D eigenvalue weighted by Gasteiger charge is 2.28. The molecule has 1 aromatic rings. The number of benzene rings is 1. The largest absolute Gasteiger partial charge is 0.481 e. The standard InChI is InChI=1S/C18H36O2.C8H4O3/c1-2-3-4-5-6-7-8-9-10-11-12-13-14-15-16-17-18(19)20;9-7-5-3-1-2-4-6(5)8(10)11-7/h2-17H2,1H3,(H,19,20);1-4H. The Morgan fingerprint density at radius 3 is 1.39 bits per heavy atom. The summed E-state index contributed by atoms with van der Waals surface area (Å²) in [5, 5.41) is 8.52. The molecular formula is C26H40O5. The Morgan fingerprint density at radius 2 is 1.03 bits per heavy atom. The van der Waals surface area contributed by atoms with E-state index in [9.17, 15) is 14.4 Å². The van der Waals surface area contributed by atoms with Gasteiger partial charge in [-0.3, -0.25) is 4.79 Å². The van der Waals surface area contributed by atoms with E-state index in [4.69, 9.17) is 5.11 Å². The fraction of sp³-hybridized carbons (Fsp3) is 0.654. The second-order valence-corrected chi connectivity index (χ2v) is 8.32. The molecule has 0 saturated carbocycles. The molecule has 0 saturated heterocycles. The maximum Gasteiger partial charge on any atom is 0.346 e. The Hall–Kier alpha value is -2.17. The summed E-state index contributed by atoms with van der Waals surface area (Å²) in [6.45, 7) is 2.27. The third-order valence-corrected chi connectivity index (χ3v) is 5.55. The van der Waals surface area contributed by atoms with Crippen LogP contribution in [0.15, 0.2) is 24.3 Å². The van der Waals surface area contributed by atoms with E-state index in [0.29, 0.717) is 17.5 Å². The molecule has 0 atom stereocenters. The van der Waals surface area contributed by atoms with Gasteiger partial charge in [-0.15, -0.1) is 0 Å². The lowest BCUT2D eigenvalue weighted by Crippen LogP contribution is -1.96. The first kappa shape index (κ1) is 26.9. The van der Waals surface area contributed by atoms with Crippen molar-refractivity contribution in [1.29, 1.82) is 0 Å². The number of carbonyl (C=O) groups is 3. The summed E-state index contributed by atoms with van der Waals surface area (Å²) < 4.78 is 4.35. The van der Waals surface area contributed by atoms with Crippen molar-refractivity contribution in [2.75, 3.05) is 0 Å². The first-order valence-electron chi connectivity index (χ1n) is 12.1. The van der Waals surface area contributed by atoms with Crippen molar-refractivity contribution in [1.82, 2.24) is 0 Å². The zero-order chi connectivity index (χ0) is 22.7. The van der Waals surface area contributed by atoms with Gasteiger partial charge in [0.1, 0.15) is 0 Å². The molecule has 0 radical (unpaired) electrons. The van der Waals surface area contributed by atoms with Crippen molar-refractivity contribution in [3.63, 3.8) is 0 Å². The lowest BCUT2D eigenvalue weighted by Gasteiger charge is -2.03. The van der Waals surface area contributed by atoms with Crippen LogP contribution in [-0.2, 0) is 9.53 Å². The van der Waals surface area contributed by atoms with E-state index in [1.54, 1.807) is 24.3 Å². The number of fused-ring (bicyclic) bond motifs is 1. The first-order chi connectivity index (χ1) is 15.1. The molecule has 1 aliphatic rings. The van der Waals surface area contributed by atoms with Gasteiger partial charge in [0.15, 0.2) is 0 Å². The monoisotopic (exact) mass is 432 g/mol. The minimum atomic E-state index is -0.653. The van der Waals surface area contributed by atoms with Gasteiger partial charge >= 0.3 is 17.9 Å². The summed E-state index contributed by atoms with van der Waals surface area (Å²) in [4.78, 5) is 32.0. The van der Waals surface area contributed by atoms with Gasteiger partial charge in [0.25, 0.3) is 0 Å². The van der Waals surface area contributed by atoms with Crippen LogP contribution >= 0.6 is 0 Å². The van der Waals surface area contributed by atoms with Gasteiger partial charge in [-0.2, -0.15) is 0 Å². The fourth-order valence-corrected chi connectivity index (χ4v) is 3.68. The number of ether oxygens (including phenoxy) is 1. The summed E-state index contributed by atoms with van der Waals surface area (Å²) >= 11 is 0. The van der Waals surface area contributed by atoms with Crippen LogP contribution in [0.2, 0.25) is 0 Å². The fourth-order valence-electron chi connectivity index (χ4n) is 3.68. The van der Waals surface area contributed by atoms with Crippen LogP contribution < -0.4 is 0 Å². The van der Waals surface area contributed by atoms with E-state index in [2.05, 4.69) is 11.7 Å². The molecule has 0 fully saturated rings. The number of esters is 2.